The average Bonchev–Trinajstić information content (AvgIpc) is 2.53. The van der Waals surface area contributed by atoms with Crippen LogP contribution in [0.4, 0.5) is 0 Å². The van der Waals surface area contributed by atoms with E-state index in [1.54, 1.807) is 0 Å². The van der Waals surface area contributed by atoms with Crippen LogP contribution in [0.1, 0.15) is 6.42 Å². The zero-order valence-electron chi connectivity index (χ0n) is 8.32. The van der Waals surface area contributed by atoms with Crippen LogP contribution in [0.3, 0.4) is 0 Å². The first kappa shape index (κ1) is 9.40. The Kier molecular flexibility index (Phi) is 2.83. The third-order valence-electron chi connectivity index (χ3n) is 3.02. The number of hydrogen-bond acceptors (Lipinski definition) is 4. The second kappa shape index (κ2) is 3.92. The Morgan fingerprint density at radius 1 is 1.00 bits per heavy atom. The van der Waals surface area contributed by atoms with Crippen molar-refractivity contribution in [2.45, 2.75) is 12.5 Å². The van der Waals surface area contributed by atoms with Crippen molar-refractivity contribution in [2.24, 2.45) is 0 Å². The standard InChI is InChI=1S/C9H19N3O/c1-10-4-6-11(7-5-10)12-3-2-9(13)8-12/h9,13H,2-8H2,1H3. The summed E-state index contributed by atoms with van der Waals surface area (Å²) in [5.74, 6) is 0. The molecule has 2 aliphatic rings. The Balaban J connectivity index is 1.81. The summed E-state index contributed by atoms with van der Waals surface area (Å²) in [6, 6.07) is 0. The fourth-order valence-corrected chi connectivity index (χ4v) is 2.06. The van der Waals surface area contributed by atoms with E-state index < -0.39 is 0 Å². The summed E-state index contributed by atoms with van der Waals surface area (Å²) in [7, 11) is 2.16. The molecule has 0 aromatic carbocycles. The summed E-state index contributed by atoms with van der Waals surface area (Å²) in [6.45, 7) is 6.39. The molecule has 1 atom stereocenters. The molecule has 0 radical (unpaired) electrons. The second-order valence-electron chi connectivity index (χ2n) is 4.11. The molecular weight excluding hydrogens is 166 g/mol. The van der Waals surface area contributed by atoms with E-state index in [-0.39, 0.29) is 6.10 Å². The first-order valence-electron chi connectivity index (χ1n) is 5.12. The molecule has 13 heavy (non-hydrogen) atoms. The number of likely N-dealkylation sites (N-methyl/N-ethyl adjacent to an activating group) is 1. The molecule has 2 rings (SSSR count). The maximum absolute atomic E-state index is 9.40. The van der Waals surface area contributed by atoms with Crippen LogP contribution in [-0.4, -0.2) is 72.4 Å². The van der Waals surface area contributed by atoms with E-state index in [1.165, 1.54) is 0 Å². The van der Waals surface area contributed by atoms with E-state index >= 15 is 0 Å². The molecule has 1 unspecified atom stereocenters. The zero-order chi connectivity index (χ0) is 9.26. The van der Waals surface area contributed by atoms with Gasteiger partial charge in [-0.2, -0.15) is 0 Å². The molecule has 0 saturated carbocycles. The summed E-state index contributed by atoms with van der Waals surface area (Å²) in [6.07, 6.45) is 0.839. The summed E-state index contributed by atoms with van der Waals surface area (Å²) in [5.41, 5.74) is 0. The van der Waals surface area contributed by atoms with Crippen LogP contribution in [0.15, 0.2) is 0 Å². The summed E-state index contributed by atoms with van der Waals surface area (Å²) < 4.78 is 0. The lowest BCUT2D eigenvalue weighted by Gasteiger charge is -2.38. The Labute approximate surface area is 79.7 Å². The molecule has 1 N–H and O–H groups in total. The maximum atomic E-state index is 9.40. The van der Waals surface area contributed by atoms with Crippen LogP contribution in [0.5, 0.6) is 0 Å². The predicted octanol–water partition coefficient (Wildman–Crippen LogP) is -0.785. The molecule has 0 bridgehead atoms. The Hall–Kier alpha value is -0.160. The minimum atomic E-state index is -0.0975. The van der Waals surface area contributed by atoms with E-state index in [0.717, 1.165) is 45.7 Å². The van der Waals surface area contributed by atoms with Gasteiger partial charge in [0.15, 0.2) is 0 Å². The predicted molar refractivity (Wildman–Crippen MR) is 51.3 cm³/mol. The molecule has 2 aliphatic heterocycles. The van der Waals surface area contributed by atoms with Gasteiger partial charge in [0.2, 0.25) is 0 Å². The van der Waals surface area contributed by atoms with E-state index in [1.807, 2.05) is 0 Å². The van der Waals surface area contributed by atoms with Crippen LogP contribution in [0, 0.1) is 0 Å². The number of rotatable bonds is 1. The van der Waals surface area contributed by atoms with Crippen molar-refractivity contribution in [1.29, 1.82) is 0 Å². The van der Waals surface area contributed by atoms with E-state index in [9.17, 15) is 5.11 Å². The largest absolute Gasteiger partial charge is 0.392 e. The van der Waals surface area contributed by atoms with Crippen molar-refractivity contribution in [2.75, 3.05) is 46.3 Å². The normalized spacial score (nSPS) is 34.2. The lowest BCUT2D eigenvalue weighted by atomic mass is 10.3. The molecule has 2 saturated heterocycles. The third-order valence-corrected chi connectivity index (χ3v) is 3.02. The van der Waals surface area contributed by atoms with Crippen LogP contribution in [-0.2, 0) is 0 Å². The van der Waals surface area contributed by atoms with Gasteiger partial charge in [-0.3, -0.25) is 0 Å². The fourth-order valence-electron chi connectivity index (χ4n) is 2.06. The molecule has 4 heteroatoms. The van der Waals surface area contributed by atoms with Gasteiger partial charge in [-0.25, -0.2) is 10.0 Å². The molecule has 0 aromatic rings. The highest BCUT2D eigenvalue weighted by Crippen LogP contribution is 2.13. The topological polar surface area (TPSA) is 30.0 Å². The molecule has 4 nitrogen and oxygen atoms in total. The van der Waals surface area contributed by atoms with Crippen molar-refractivity contribution in [3.05, 3.63) is 0 Å². The smallest absolute Gasteiger partial charge is 0.0694 e. The van der Waals surface area contributed by atoms with Crippen LogP contribution < -0.4 is 0 Å². The fraction of sp³-hybridized carbons (Fsp3) is 1.00. The second-order valence-corrected chi connectivity index (χ2v) is 4.11. The number of nitrogens with zero attached hydrogens (tertiary/aromatic N) is 3. The lowest BCUT2D eigenvalue weighted by Crippen LogP contribution is -2.52. The highest BCUT2D eigenvalue weighted by atomic mass is 16.3. The van der Waals surface area contributed by atoms with Gasteiger partial charge in [-0.05, 0) is 13.5 Å². The third kappa shape index (κ3) is 2.20. The van der Waals surface area contributed by atoms with Crippen molar-refractivity contribution < 1.29 is 5.11 Å². The molecule has 0 aromatic heterocycles. The average molecular weight is 185 g/mol. The number of piperazine rings is 1. The van der Waals surface area contributed by atoms with Gasteiger partial charge in [-0.1, -0.05) is 0 Å². The monoisotopic (exact) mass is 185 g/mol. The quantitative estimate of drug-likeness (QED) is 0.580. The number of hydrogen-bond donors (Lipinski definition) is 1. The van der Waals surface area contributed by atoms with Crippen molar-refractivity contribution >= 4 is 0 Å². The van der Waals surface area contributed by atoms with Gasteiger partial charge in [0, 0.05) is 39.3 Å². The van der Waals surface area contributed by atoms with E-state index in [2.05, 4.69) is 22.0 Å². The molecule has 2 heterocycles. The zero-order valence-corrected chi connectivity index (χ0v) is 8.32. The number of β-amino-alcohol motifs (C(OH)–C–C–N with tert-alkyl or cyclic N) is 1. The molecule has 2 fully saturated rings. The highest BCUT2D eigenvalue weighted by Gasteiger charge is 2.26. The number of hydrazine groups is 1. The number of aliphatic hydroxyl groups is 1. The van der Waals surface area contributed by atoms with Gasteiger partial charge < -0.3 is 10.0 Å². The van der Waals surface area contributed by atoms with Crippen LogP contribution in [0.2, 0.25) is 0 Å². The molecule has 76 valence electrons. The molecule has 0 spiro atoms. The van der Waals surface area contributed by atoms with E-state index in [0.29, 0.717) is 0 Å². The Bertz CT molecular complexity index is 168. The minimum Gasteiger partial charge on any atom is -0.392 e. The maximum Gasteiger partial charge on any atom is 0.0694 e. The van der Waals surface area contributed by atoms with Gasteiger partial charge in [0.1, 0.15) is 0 Å². The van der Waals surface area contributed by atoms with Gasteiger partial charge >= 0.3 is 0 Å². The Morgan fingerprint density at radius 2 is 1.69 bits per heavy atom. The van der Waals surface area contributed by atoms with Crippen LogP contribution >= 0.6 is 0 Å². The van der Waals surface area contributed by atoms with Crippen molar-refractivity contribution in [1.82, 2.24) is 14.9 Å². The number of aliphatic hydroxyl groups excluding tert-OH is 1. The lowest BCUT2D eigenvalue weighted by molar-refractivity contribution is -0.0426. The van der Waals surface area contributed by atoms with Crippen molar-refractivity contribution in [3.8, 4) is 0 Å². The highest BCUT2D eigenvalue weighted by molar-refractivity contribution is 4.76. The van der Waals surface area contributed by atoms with Crippen LogP contribution in [0.25, 0.3) is 0 Å². The summed E-state index contributed by atoms with van der Waals surface area (Å²) in [5, 5.41) is 14.1. The van der Waals surface area contributed by atoms with Gasteiger partial charge in [0.25, 0.3) is 0 Å². The Morgan fingerprint density at radius 3 is 2.23 bits per heavy atom. The van der Waals surface area contributed by atoms with E-state index in [4.69, 9.17) is 0 Å². The molecular formula is C9H19N3O. The molecule has 0 amide bonds. The van der Waals surface area contributed by atoms with Crippen molar-refractivity contribution in [3.63, 3.8) is 0 Å². The minimum absolute atomic E-state index is 0.0975. The summed E-state index contributed by atoms with van der Waals surface area (Å²) >= 11 is 0. The first-order chi connectivity index (χ1) is 6.25. The van der Waals surface area contributed by atoms with Gasteiger partial charge in [-0.15, -0.1) is 0 Å². The van der Waals surface area contributed by atoms with Gasteiger partial charge in [0.05, 0.1) is 6.10 Å². The summed E-state index contributed by atoms with van der Waals surface area (Å²) in [4.78, 5) is 2.35. The molecule has 0 aliphatic carbocycles. The SMILES string of the molecule is CN1CCN(N2CCC(O)C2)CC1. The first-order valence-corrected chi connectivity index (χ1v) is 5.12.